The van der Waals surface area contributed by atoms with Gasteiger partial charge in [-0.2, -0.15) is 0 Å². The van der Waals surface area contributed by atoms with E-state index in [0.29, 0.717) is 17.2 Å². The Morgan fingerprint density at radius 3 is 2.53 bits per heavy atom. The SMILES string of the molecule is Cc1cc(N)cc(C(=O)N2CCC(C(C)(C)C)C2)c1. The summed E-state index contributed by atoms with van der Waals surface area (Å²) >= 11 is 0. The number of nitrogens with zero attached hydrogens (tertiary/aromatic N) is 1. The number of nitrogen functional groups attached to an aromatic ring is 1. The molecule has 0 spiro atoms. The zero-order chi connectivity index (χ0) is 14.2. The Morgan fingerprint density at radius 2 is 2.00 bits per heavy atom. The van der Waals surface area contributed by atoms with Crippen molar-refractivity contribution in [1.82, 2.24) is 4.90 Å². The third-order valence-electron chi connectivity index (χ3n) is 4.05. The molecule has 3 heteroatoms. The number of likely N-dealkylation sites (tertiary alicyclic amines) is 1. The lowest BCUT2D eigenvalue weighted by Gasteiger charge is -2.27. The second-order valence-electron chi connectivity index (χ2n) is 6.74. The first-order chi connectivity index (χ1) is 8.77. The standard InChI is InChI=1S/C16H24N2O/c1-11-7-12(9-14(17)8-11)15(19)18-6-5-13(10-18)16(2,3)4/h7-9,13H,5-6,10,17H2,1-4H3. The van der Waals surface area contributed by atoms with Crippen molar-refractivity contribution in [3.05, 3.63) is 29.3 Å². The summed E-state index contributed by atoms with van der Waals surface area (Å²) in [4.78, 5) is 14.5. The molecule has 3 nitrogen and oxygen atoms in total. The van der Waals surface area contributed by atoms with Gasteiger partial charge in [0.15, 0.2) is 0 Å². The summed E-state index contributed by atoms with van der Waals surface area (Å²) in [6.07, 6.45) is 1.09. The third-order valence-corrected chi connectivity index (χ3v) is 4.05. The molecule has 2 rings (SSSR count). The van der Waals surface area contributed by atoms with Crippen molar-refractivity contribution in [2.45, 2.75) is 34.1 Å². The smallest absolute Gasteiger partial charge is 0.253 e. The van der Waals surface area contributed by atoms with Gasteiger partial charge in [0, 0.05) is 24.3 Å². The van der Waals surface area contributed by atoms with E-state index >= 15 is 0 Å². The van der Waals surface area contributed by atoms with Crippen LogP contribution in [-0.2, 0) is 0 Å². The van der Waals surface area contributed by atoms with Crippen LogP contribution in [0.5, 0.6) is 0 Å². The predicted molar refractivity (Wildman–Crippen MR) is 79.1 cm³/mol. The molecule has 1 saturated heterocycles. The van der Waals surface area contributed by atoms with Crippen LogP contribution in [-0.4, -0.2) is 23.9 Å². The van der Waals surface area contributed by atoms with Crippen molar-refractivity contribution >= 4 is 11.6 Å². The van der Waals surface area contributed by atoms with E-state index in [-0.39, 0.29) is 11.3 Å². The van der Waals surface area contributed by atoms with E-state index < -0.39 is 0 Å². The first-order valence-corrected chi connectivity index (χ1v) is 6.94. The van der Waals surface area contributed by atoms with Gasteiger partial charge in [0.1, 0.15) is 0 Å². The molecule has 104 valence electrons. The quantitative estimate of drug-likeness (QED) is 0.789. The number of carbonyl (C=O) groups excluding carboxylic acids is 1. The normalized spacial score (nSPS) is 19.8. The molecule has 1 fully saturated rings. The van der Waals surface area contributed by atoms with E-state index in [2.05, 4.69) is 20.8 Å². The van der Waals surface area contributed by atoms with Crippen LogP contribution in [0.3, 0.4) is 0 Å². The summed E-state index contributed by atoms with van der Waals surface area (Å²) in [6, 6.07) is 5.58. The number of anilines is 1. The van der Waals surface area contributed by atoms with Gasteiger partial charge in [-0.25, -0.2) is 0 Å². The molecule has 19 heavy (non-hydrogen) atoms. The summed E-state index contributed by atoms with van der Waals surface area (Å²) in [5.41, 5.74) is 8.50. The second kappa shape index (κ2) is 4.87. The molecule has 1 amide bonds. The monoisotopic (exact) mass is 260 g/mol. The molecule has 0 radical (unpaired) electrons. The number of hydrogen-bond acceptors (Lipinski definition) is 2. The molecule has 1 atom stereocenters. The van der Waals surface area contributed by atoms with Gasteiger partial charge < -0.3 is 10.6 Å². The van der Waals surface area contributed by atoms with Crippen molar-refractivity contribution in [3.63, 3.8) is 0 Å². The van der Waals surface area contributed by atoms with Gasteiger partial charge in [-0.15, -0.1) is 0 Å². The minimum Gasteiger partial charge on any atom is -0.399 e. The van der Waals surface area contributed by atoms with E-state index in [4.69, 9.17) is 5.73 Å². The molecule has 0 aliphatic carbocycles. The Bertz CT molecular complexity index is 468. The number of hydrogen-bond donors (Lipinski definition) is 1. The van der Waals surface area contributed by atoms with Crippen molar-refractivity contribution in [2.75, 3.05) is 18.8 Å². The summed E-state index contributed by atoms with van der Waals surface area (Å²) < 4.78 is 0. The maximum atomic E-state index is 12.5. The molecule has 2 N–H and O–H groups in total. The highest BCUT2D eigenvalue weighted by Gasteiger charge is 2.34. The van der Waals surface area contributed by atoms with Crippen molar-refractivity contribution in [3.8, 4) is 0 Å². The van der Waals surface area contributed by atoms with Crippen LogP contribution < -0.4 is 5.73 Å². The van der Waals surface area contributed by atoms with Gasteiger partial charge in [0.2, 0.25) is 0 Å². The summed E-state index contributed by atoms with van der Waals surface area (Å²) in [7, 11) is 0. The van der Waals surface area contributed by atoms with E-state index in [1.165, 1.54) is 0 Å². The number of benzene rings is 1. The minimum atomic E-state index is 0.113. The largest absolute Gasteiger partial charge is 0.399 e. The Labute approximate surface area is 115 Å². The van der Waals surface area contributed by atoms with Gasteiger partial charge in [0.05, 0.1) is 0 Å². The van der Waals surface area contributed by atoms with Crippen LogP contribution in [0.25, 0.3) is 0 Å². The molecular weight excluding hydrogens is 236 g/mol. The molecule has 1 unspecified atom stereocenters. The highest BCUT2D eigenvalue weighted by molar-refractivity contribution is 5.95. The average Bonchev–Trinajstić information content (AvgIpc) is 2.75. The van der Waals surface area contributed by atoms with Crippen LogP contribution in [0.1, 0.15) is 43.1 Å². The fourth-order valence-corrected chi connectivity index (χ4v) is 2.77. The summed E-state index contributed by atoms with van der Waals surface area (Å²) in [5.74, 6) is 0.695. The molecular formula is C16H24N2O. The fourth-order valence-electron chi connectivity index (χ4n) is 2.77. The van der Waals surface area contributed by atoms with Gasteiger partial charge in [-0.3, -0.25) is 4.79 Å². The first kappa shape index (κ1) is 13.9. The third kappa shape index (κ3) is 3.09. The lowest BCUT2D eigenvalue weighted by atomic mass is 9.80. The topological polar surface area (TPSA) is 46.3 Å². The zero-order valence-corrected chi connectivity index (χ0v) is 12.4. The summed E-state index contributed by atoms with van der Waals surface area (Å²) in [6.45, 7) is 10.4. The second-order valence-corrected chi connectivity index (χ2v) is 6.74. The van der Waals surface area contributed by atoms with Crippen molar-refractivity contribution < 1.29 is 4.79 Å². The van der Waals surface area contributed by atoms with Crippen LogP contribution in [0.15, 0.2) is 18.2 Å². The summed E-state index contributed by atoms with van der Waals surface area (Å²) in [5, 5.41) is 0. The molecule has 0 saturated carbocycles. The maximum Gasteiger partial charge on any atom is 0.253 e. The highest BCUT2D eigenvalue weighted by atomic mass is 16.2. The molecule has 1 heterocycles. The lowest BCUT2D eigenvalue weighted by molar-refractivity contribution is 0.0776. The van der Waals surface area contributed by atoms with E-state index in [9.17, 15) is 4.79 Å². The van der Waals surface area contributed by atoms with Crippen molar-refractivity contribution in [1.29, 1.82) is 0 Å². The van der Waals surface area contributed by atoms with Crippen molar-refractivity contribution in [2.24, 2.45) is 11.3 Å². The van der Waals surface area contributed by atoms with E-state index in [1.54, 1.807) is 6.07 Å². The van der Waals surface area contributed by atoms with E-state index in [0.717, 1.165) is 25.1 Å². The highest BCUT2D eigenvalue weighted by Crippen LogP contribution is 2.34. The van der Waals surface area contributed by atoms with Crippen LogP contribution in [0.2, 0.25) is 0 Å². The Balaban J connectivity index is 2.13. The molecule has 1 aliphatic rings. The molecule has 1 aromatic rings. The maximum absolute atomic E-state index is 12.5. The van der Waals surface area contributed by atoms with Gasteiger partial charge in [-0.1, -0.05) is 20.8 Å². The number of carbonyl (C=O) groups is 1. The number of amides is 1. The number of aryl methyl sites for hydroxylation is 1. The Morgan fingerprint density at radius 1 is 1.32 bits per heavy atom. The van der Waals surface area contributed by atoms with Gasteiger partial charge in [-0.05, 0) is 48.4 Å². The zero-order valence-electron chi connectivity index (χ0n) is 12.4. The molecule has 0 aromatic heterocycles. The minimum absolute atomic E-state index is 0.113. The molecule has 1 aliphatic heterocycles. The molecule has 1 aromatic carbocycles. The lowest BCUT2D eigenvalue weighted by Crippen LogP contribution is -2.31. The Kier molecular flexibility index (Phi) is 3.57. The van der Waals surface area contributed by atoms with Crippen LogP contribution >= 0.6 is 0 Å². The average molecular weight is 260 g/mol. The fraction of sp³-hybridized carbons (Fsp3) is 0.562. The first-order valence-electron chi connectivity index (χ1n) is 6.94. The number of rotatable bonds is 1. The predicted octanol–water partition coefficient (Wildman–Crippen LogP) is 3.09. The van der Waals surface area contributed by atoms with E-state index in [1.807, 2.05) is 24.0 Å². The Hall–Kier alpha value is -1.51. The van der Waals surface area contributed by atoms with Crippen LogP contribution in [0.4, 0.5) is 5.69 Å². The molecule has 0 bridgehead atoms. The van der Waals surface area contributed by atoms with Gasteiger partial charge in [0.25, 0.3) is 5.91 Å². The number of nitrogens with two attached hydrogens (primary N) is 1. The van der Waals surface area contributed by atoms with Gasteiger partial charge >= 0.3 is 0 Å². The van der Waals surface area contributed by atoms with Crippen LogP contribution in [0, 0.1) is 18.3 Å².